The van der Waals surface area contributed by atoms with Crippen molar-refractivity contribution in [1.82, 2.24) is 10.2 Å². The van der Waals surface area contributed by atoms with Crippen molar-refractivity contribution in [1.29, 1.82) is 0 Å². The van der Waals surface area contributed by atoms with Gasteiger partial charge >= 0.3 is 0 Å². The molecule has 1 rings (SSSR count). The summed E-state index contributed by atoms with van der Waals surface area (Å²) in [6.45, 7) is 5.18. The maximum Gasteiger partial charge on any atom is 0.258 e. The van der Waals surface area contributed by atoms with E-state index < -0.39 is 0 Å². The minimum absolute atomic E-state index is 0.0259. The Morgan fingerprint density at radius 1 is 1.17 bits per heavy atom. The van der Waals surface area contributed by atoms with Crippen LogP contribution in [0, 0.1) is 0 Å². The number of hydrogen-bond acceptors (Lipinski definition) is 4. The minimum Gasteiger partial charge on any atom is -0.493 e. The lowest BCUT2D eigenvalue weighted by atomic mass is 10.3. The molecule has 1 aromatic rings. The molecule has 0 fully saturated rings. The third kappa shape index (κ3) is 7.04. The van der Waals surface area contributed by atoms with Crippen LogP contribution in [0.5, 0.6) is 11.5 Å². The zero-order valence-corrected chi connectivity index (χ0v) is 14.1. The van der Waals surface area contributed by atoms with Crippen LogP contribution in [0.2, 0.25) is 0 Å². The van der Waals surface area contributed by atoms with Gasteiger partial charge in [-0.15, -0.1) is 0 Å². The molecule has 0 saturated carbocycles. The summed E-state index contributed by atoms with van der Waals surface area (Å²) in [5.41, 5.74) is 0. The predicted molar refractivity (Wildman–Crippen MR) is 88.7 cm³/mol. The van der Waals surface area contributed by atoms with E-state index in [1.807, 2.05) is 12.1 Å². The predicted octanol–water partition coefficient (Wildman–Crippen LogP) is 1.84. The standard InChI is InChI=1S/C17H26N2O4/c1-4-5-11-19(14(2)20)12-10-18-17(21)13-23-16-9-7-6-8-15(16)22-3/h6-9H,4-5,10-13H2,1-3H3,(H,18,21). The van der Waals surface area contributed by atoms with Gasteiger partial charge < -0.3 is 19.7 Å². The van der Waals surface area contributed by atoms with Gasteiger partial charge in [0.1, 0.15) is 0 Å². The summed E-state index contributed by atoms with van der Waals surface area (Å²) in [4.78, 5) is 25.0. The molecular formula is C17H26N2O4. The van der Waals surface area contributed by atoms with Gasteiger partial charge in [-0.25, -0.2) is 0 Å². The molecule has 0 aliphatic carbocycles. The lowest BCUT2D eigenvalue weighted by molar-refractivity contribution is -0.129. The van der Waals surface area contributed by atoms with Crippen molar-refractivity contribution in [2.24, 2.45) is 0 Å². The Bertz CT molecular complexity index is 505. The number of nitrogens with zero attached hydrogens (tertiary/aromatic N) is 1. The molecule has 0 spiro atoms. The zero-order chi connectivity index (χ0) is 17.1. The van der Waals surface area contributed by atoms with Crippen LogP contribution in [0.25, 0.3) is 0 Å². The molecule has 0 saturated heterocycles. The first-order valence-electron chi connectivity index (χ1n) is 7.86. The lowest BCUT2D eigenvalue weighted by Crippen LogP contribution is -2.39. The van der Waals surface area contributed by atoms with Gasteiger partial charge in [-0.2, -0.15) is 0 Å². The Hall–Kier alpha value is -2.24. The van der Waals surface area contributed by atoms with Crippen LogP contribution in [-0.4, -0.2) is 50.1 Å². The Kier molecular flexibility index (Phi) is 8.57. The second-order valence-electron chi connectivity index (χ2n) is 5.15. The smallest absolute Gasteiger partial charge is 0.258 e. The largest absolute Gasteiger partial charge is 0.493 e. The highest BCUT2D eigenvalue weighted by molar-refractivity contribution is 5.77. The van der Waals surface area contributed by atoms with Crippen molar-refractivity contribution in [2.45, 2.75) is 26.7 Å². The van der Waals surface area contributed by atoms with E-state index in [1.54, 1.807) is 31.1 Å². The molecule has 0 atom stereocenters. The first kappa shape index (κ1) is 18.8. The average molecular weight is 322 g/mol. The number of nitrogens with one attached hydrogen (secondary N) is 1. The average Bonchev–Trinajstić information content (AvgIpc) is 2.55. The van der Waals surface area contributed by atoms with Crippen molar-refractivity contribution in [3.05, 3.63) is 24.3 Å². The molecule has 0 aromatic heterocycles. The van der Waals surface area contributed by atoms with Crippen molar-refractivity contribution >= 4 is 11.8 Å². The van der Waals surface area contributed by atoms with E-state index in [2.05, 4.69) is 12.2 Å². The van der Waals surface area contributed by atoms with Crippen LogP contribution in [0.15, 0.2) is 24.3 Å². The van der Waals surface area contributed by atoms with Gasteiger partial charge in [0.15, 0.2) is 18.1 Å². The maximum absolute atomic E-state index is 11.8. The summed E-state index contributed by atoms with van der Waals surface area (Å²) in [6, 6.07) is 7.16. The van der Waals surface area contributed by atoms with E-state index in [-0.39, 0.29) is 18.4 Å². The summed E-state index contributed by atoms with van der Waals surface area (Å²) >= 11 is 0. The highest BCUT2D eigenvalue weighted by Gasteiger charge is 2.09. The fraction of sp³-hybridized carbons (Fsp3) is 0.529. The number of amides is 2. The molecule has 6 nitrogen and oxygen atoms in total. The number of para-hydroxylation sites is 2. The number of ether oxygens (including phenoxy) is 2. The summed E-state index contributed by atoms with van der Waals surface area (Å²) in [7, 11) is 1.55. The first-order chi connectivity index (χ1) is 11.1. The van der Waals surface area contributed by atoms with Gasteiger partial charge in [0.25, 0.3) is 5.91 Å². The molecule has 0 aliphatic rings. The van der Waals surface area contributed by atoms with Gasteiger partial charge in [0.2, 0.25) is 5.91 Å². The quantitative estimate of drug-likeness (QED) is 0.714. The summed E-state index contributed by atoms with van der Waals surface area (Å²) in [6.07, 6.45) is 1.99. The minimum atomic E-state index is -0.227. The molecule has 6 heteroatoms. The summed E-state index contributed by atoms with van der Waals surface area (Å²) in [5, 5.41) is 2.75. The molecule has 0 aliphatic heterocycles. The molecule has 128 valence electrons. The molecule has 1 N–H and O–H groups in total. The van der Waals surface area contributed by atoms with E-state index in [4.69, 9.17) is 9.47 Å². The summed E-state index contributed by atoms with van der Waals surface area (Å²) in [5.74, 6) is 0.911. The number of carbonyl (C=O) groups excluding carboxylic acids is 2. The monoisotopic (exact) mass is 322 g/mol. The van der Waals surface area contributed by atoms with Crippen molar-refractivity contribution in [3.63, 3.8) is 0 Å². The van der Waals surface area contributed by atoms with Crippen LogP contribution >= 0.6 is 0 Å². The highest BCUT2D eigenvalue weighted by atomic mass is 16.5. The number of methoxy groups -OCH3 is 1. The van der Waals surface area contributed by atoms with Gasteiger partial charge in [-0.05, 0) is 18.6 Å². The number of unbranched alkanes of at least 4 members (excludes halogenated alkanes) is 1. The van der Waals surface area contributed by atoms with Gasteiger partial charge in [0.05, 0.1) is 7.11 Å². The Morgan fingerprint density at radius 3 is 2.48 bits per heavy atom. The fourth-order valence-corrected chi connectivity index (χ4v) is 2.04. The molecule has 23 heavy (non-hydrogen) atoms. The SMILES string of the molecule is CCCCN(CCNC(=O)COc1ccccc1OC)C(C)=O. The van der Waals surface area contributed by atoms with Crippen LogP contribution in [0.3, 0.4) is 0 Å². The Balaban J connectivity index is 2.32. The summed E-state index contributed by atoms with van der Waals surface area (Å²) < 4.78 is 10.6. The molecule has 0 bridgehead atoms. The second-order valence-corrected chi connectivity index (χ2v) is 5.15. The molecule has 2 amide bonds. The van der Waals surface area contributed by atoms with Crippen molar-refractivity contribution in [2.75, 3.05) is 33.4 Å². The first-order valence-corrected chi connectivity index (χ1v) is 7.86. The van der Waals surface area contributed by atoms with E-state index in [1.165, 1.54) is 0 Å². The van der Waals surface area contributed by atoms with E-state index >= 15 is 0 Å². The zero-order valence-electron chi connectivity index (χ0n) is 14.1. The topological polar surface area (TPSA) is 67.9 Å². The highest BCUT2D eigenvalue weighted by Crippen LogP contribution is 2.25. The lowest BCUT2D eigenvalue weighted by Gasteiger charge is -2.21. The van der Waals surface area contributed by atoms with Gasteiger partial charge in [0, 0.05) is 26.6 Å². The molecular weight excluding hydrogens is 296 g/mol. The van der Waals surface area contributed by atoms with Crippen LogP contribution < -0.4 is 14.8 Å². The number of carbonyl (C=O) groups is 2. The van der Waals surface area contributed by atoms with E-state index in [0.29, 0.717) is 24.6 Å². The van der Waals surface area contributed by atoms with E-state index in [9.17, 15) is 9.59 Å². The third-order valence-corrected chi connectivity index (χ3v) is 3.36. The molecule has 1 aromatic carbocycles. The van der Waals surface area contributed by atoms with Crippen LogP contribution in [0.4, 0.5) is 0 Å². The molecule has 0 radical (unpaired) electrons. The van der Waals surface area contributed by atoms with E-state index in [0.717, 1.165) is 19.4 Å². The third-order valence-electron chi connectivity index (χ3n) is 3.36. The van der Waals surface area contributed by atoms with Gasteiger partial charge in [-0.1, -0.05) is 25.5 Å². The van der Waals surface area contributed by atoms with Crippen LogP contribution in [-0.2, 0) is 9.59 Å². The second kappa shape index (κ2) is 10.5. The van der Waals surface area contributed by atoms with Crippen molar-refractivity contribution < 1.29 is 19.1 Å². The number of hydrogen-bond donors (Lipinski definition) is 1. The maximum atomic E-state index is 11.8. The Morgan fingerprint density at radius 2 is 1.87 bits per heavy atom. The normalized spacial score (nSPS) is 10.0. The van der Waals surface area contributed by atoms with Gasteiger partial charge in [-0.3, -0.25) is 9.59 Å². The number of benzene rings is 1. The van der Waals surface area contributed by atoms with Crippen molar-refractivity contribution in [3.8, 4) is 11.5 Å². The molecule has 0 unspecified atom stereocenters. The fourth-order valence-electron chi connectivity index (χ4n) is 2.04. The Labute approximate surface area is 137 Å². The van der Waals surface area contributed by atoms with Crippen LogP contribution in [0.1, 0.15) is 26.7 Å². The number of rotatable bonds is 10. The molecule has 0 heterocycles.